The first-order valence-corrected chi connectivity index (χ1v) is 7.72. The quantitative estimate of drug-likeness (QED) is 0.822. The van der Waals surface area contributed by atoms with Crippen molar-refractivity contribution in [2.45, 2.75) is 31.5 Å². The maximum Gasteiger partial charge on any atom is 0.270 e. The summed E-state index contributed by atoms with van der Waals surface area (Å²) in [4.78, 5) is 30.8. The van der Waals surface area contributed by atoms with Gasteiger partial charge in [-0.05, 0) is 32.0 Å². The van der Waals surface area contributed by atoms with Crippen molar-refractivity contribution >= 4 is 36.0 Å². The van der Waals surface area contributed by atoms with Crippen molar-refractivity contribution in [2.24, 2.45) is 5.73 Å². The van der Waals surface area contributed by atoms with E-state index in [1.807, 2.05) is 0 Å². The summed E-state index contributed by atoms with van der Waals surface area (Å²) in [5.74, 6) is 0. The average molecular weight is 374 g/mol. The number of hydrogen-bond acceptors (Lipinski definition) is 5. The molecule has 0 unspecified atom stereocenters. The molecule has 4 heterocycles. The minimum absolute atomic E-state index is 0. The van der Waals surface area contributed by atoms with Crippen molar-refractivity contribution in [1.82, 2.24) is 19.0 Å². The van der Waals surface area contributed by atoms with E-state index < -0.39 is 0 Å². The maximum absolute atomic E-state index is 12.3. The van der Waals surface area contributed by atoms with Crippen LogP contribution in [0.5, 0.6) is 0 Å². The van der Waals surface area contributed by atoms with E-state index in [0.717, 1.165) is 32.5 Å². The highest BCUT2D eigenvalue weighted by Gasteiger charge is 2.29. The zero-order chi connectivity index (χ0) is 15.3. The van der Waals surface area contributed by atoms with Gasteiger partial charge < -0.3 is 10.6 Å². The topological polar surface area (TPSA) is 86.2 Å². The number of hydrogen-bond donors (Lipinski definition) is 1. The van der Waals surface area contributed by atoms with E-state index in [1.165, 1.54) is 12.3 Å². The van der Waals surface area contributed by atoms with Crippen LogP contribution in [0.15, 0.2) is 27.9 Å². The summed E-state index contributed by atoms with van der Waals surface area (Å²) in [5.41, 5.74) is 7.08. The highest BCUT2D eigenvalue weighted by molar-refractivity contribution is 5.85. The van der Waals surface area contributed by atoms with E-state index in [0.29, 0.717) is 17.7 Å². The summed E-state index contributed by atoms with van der Waals surface area (Å²) >= 11 is 0. The lowest BCUT2D eigenvalue weighted by molar-refractivity contribution is 0.183. The van der Waals surface area contributed by atoms with Gasteiger partial charge in [-0.3, -0.25) is 18.7 Å². The van der Waals surface area contributed by atoms with Crippen molar-refractivity contribution in [3.05, 3.63) is 39.0 Å². The van der Waals surface area contributed by atoms with Gasteiger partial charge in [-0.15, -0.1) is 24.8 Å². The molecule has 2 aromatic rings. The maximum atomic E-state index is 12.3. The third kappa shape index (κ3) is 3.09. The molecule has 0 amide bonds. The third-order valence-corrected chi connectivity index (χ3v) is 4.77. The Morgan fingerprint density at radius 3 is 2.54 bits per heavy atom. The van der Waals surface area contributed by atoms with Gasteiger partial charge in [0.1, 0.15) is 11.2 Å². The fraction of sp³-hybridized carbons (Fsp3) is 0.533. The second kappa shape index (κ2) is 7.23. The molecule has 0 aliphatic carbocycles. The Bertz CT molecular complexity index is 837. The monoisotopic (exact) mass is 373 g/mol. The molecular formula is C15H21Cl2N5O2. The van der Waals surface area contributed by atoms with Crippen LogP contribution < -0.4 is 16.9 Å². The van der Waals surface area contributed by atoms with Crippen LogP contribution in [-0.4, -0.2) is 44.7 Å². The van der Waals surface area contributed by atoms with Crippen LogP contribution in [0.4, 0.5) is 0 Å². The van der Waals surface area contributed by atoms with Gasteiger partial charge >= 0.3 is 0 Å². The van der Waals surface area contributed by atoms with Crippen LogP contribution in [-0.2, 0) is 6.54 Å². The second-order valence-corrected chi connectivity index (χ2v) is 6.25. The first kappa shape index (κ1) is 18.9. The highest BCUT2D eigenvalue weighted by Crippen LogP contribution is 2.23. The molecular weight excluding hydrogens is 353 g/mol. The second-order valence-electron chi connectivity index (χ2n) is 6.25. The fourth-order valence-electron chi connectivity index (χ4n) is 3.60. The minimum atomic E-state index is -0.144. The Labute approximate surface area is 151 Å². The van der Waals surface area contributed by atoms with E-state index in [-0.39, 0.29) is 48.0 Å². The van der Waals surface area contributed by atoms with E-state index in [1.54, 1.807) is 15.2 Å². The molecule has 1 fully saturated rings. The largest absolute Gasteiger partial charge is 0.328 e. The zero-order valence-electron chi connectivity index (χ0n) is 13.1. The molecule has 0 aromatic carbocycles. The fourth-order valence-corrected chi connectivity index (χ4v) is 3.60. The molecule has 2 aliphatic rings. The predicted molar refractivity (Wildman–Crippen MR) is 97.4 cm³/mol. The first-order valence-electron chi connectivity index (χ1n) is 7.72. The molecule has 1 saturated heterocycles. The van der Waals surface area contributed by atoms with E-state index in [2.05, 4.69) is 9.88 Å². The number of piperidine rings is 1. The van der Waals surface area contributed by atoms with Crippen LogP contribution in [0.3, 0.4) is 0 Å². The highest BCUT2D eigenvalue weighted by atomic mass is 35.5. The lowest BCUT2D eigenvalue weighted by atomic mass is 10.1. The van der Waals surface area contributed by atoms with Crippen molar-refractivity contribution < 1.29 is 0 Å². The first-order chi connectivity index (χ1) is 10.6. The van der Waals surface area contributed by atoms with Crippen LogP contribution in [0.2, 0.25) is 0 Å². The standard InChI is InChI=1S/C15H19N5O2.2ClH/c16-10-3-5-18(6-4-10)8-11-9-19-14(22)7-17-12-1-2-13(21)20(11)15(12)19;;/h1-2,7,10-11H,3-6,8-9,16H2;2*1H/t11-;;/m1../s1. The molecule has 4 rings (SSSR count). The summed E-state index contributed by atoms with van der Waals surface area (Å²) in [7, 11) is 0. The number of pyridine rings is 1. The van der Waals surface area contributed by atoms with Crippen LogP contribution >= 0.6 is 24.8 Å². The van der Waals surface area contributed by atoms with Crippen molar-refractivity contribution in [3.63, 3.8) is 0 Å². The Kier molecular flexibility index (Phi) is 5.70. The molecule has 7 nitrogen and oxygen atoms in total. The summed E-state index contributed by atoms with van der Waals surface area (Å²) in [5, 5.41) is 0. The molecule has 9 heteroatoms. The molecule has 2 aromatic heterocycles. The minimum Gasteiger partial charge on any atom is -0.328 e. The number of likely N-dealkylation sites (tertiary alicyclic amines) is 1. The van der Waals surface area contributed by atoms with Crippen LogP contribution in [0.25, 0.3) is 11.2 Å². The van der Waals surface area contributed by atoms with Gasteiger partial charge in [-0.1, -0.05) is 0 Å². The number of aromatic nitrogens is 3. The molecule has 132 valence electrons. The molecule has 0 radical (unpaired) electrons. The molecule has 0 saturated carbocycles. The summed E-state index contributed by atoms with van der Waals surface area (Å²) < 4.78 is 3.41. The lowest BCUT2D eigenvalue weighted by Crippen LogP contribution is -2.43. The number of halogens is 2. The lowest BCUT2D eigenvalue weighted by Gasteiger charge is -2.32. The van der Waals surface area contributed by atoms with Gasteiger partial charge in [-0.2, -0.15) is 0 Å². The van der Waals surface area contributed by atoms with Gasteiger partial charge in [0.15, 0.2) is 0 Å². The summed E-state index contributed by atoms with van der Waals surface area (Å²) in [6, 6.07) is 3.50. The van der Waals surface area contributed by atoms with Crippen LogP contribution in [0, 0.1) is 0 Å². The molecule has 0 spiro atoms. The van der Waals surface area contributed by atoms with Crippen molar-refractivity contribution in [2.75, 3.05) is 19.6 Å². The summed E-state index contributed by atoms with van der Waals surface area (Å²) in [6.07, 6.45) is 3.31. The molecule has 24 heavy (non-hydrogen) atoms. The average Bonchev–Trinajstić information content (AvgIpc) is 2.89. The predicted octanol–water partition coefficient (Wildman–Crippen LogP) is 0.380. The Morgan fingerprint density at radius 2 is 1.83 bits per heavy atom. The van der Waals surface area contributed by atoms with Gasteiger partial charge in [0, 0.05) is 25.2 Å². The Morgan fingerprint density at radius 1 is 1.12 bits per heavy atom. The van der Waals surface area contributed by atoms with E-state index in [4.69, 9.17) is 5.73 Å². The van der Waals surface area contributed by atoms with E-state index in [9.17, 15) is 9.59 Å². The van der Waals surface area contributed by atoms with Crippen molar-refractivity contribution in [3.8, 4) is 0 Å². The molecule has 0 bridgehead atoms. The van der Waals surface area contributed by atoms with Gasteiger partial charge in [0.25, 0.3) is 11.1 Å². The van der Waals surface area contributed by atoms with Crippen molar-refractivity contribution in [1.29, 1.82) is 0 Å². The summed E-state index contributed by atoms with van der Waals surface area (Å²) in [6.45, 7) is 3.21. The Hall–Kier alpha value is -1.41. The molecule has 2 aliphatic heterocycles. The SMILES string of the molecule is Cl.Cl.NC1CCN(C[C@@H]2Cn3c(=O)cnc4ccc(=O)n2c43)CC1. The Balaban J connectivity index is 0.00000104. The normalized spacial score (nSPS) is 20.6. The smallest absolute Gasteiger partial charge is 0.270 e. The molecule has 1 atom stereocenters. The van der Waals surface area contributed by atoms with Gasteiger partial charge in [0.05, 0.1) is 12.2 Å². The van der Waals surface area contributed by atoms with Gasteiger partial charge in [0.2, 0.25) is 0 Å². The van der Waals surface area contributed by atoms with Gasteiger partial charge in [-0.25, -0.2) is 4.98 Å². The van der Waals surface area contributed by atoms with Crippen LogP contribution in [0.1, 0.15) is 18.9 Å². The number of rotatable bonds is 2. The number of nitrogens with zero attached hydrogens (tertiary/aromatic N) is 4. The third-order valence-electron chi connectivity index (χ3n) is 4.77. The molecule has 2 N–H and O–H groups in total. The zero-order valence-corrected chi connectivity index (χ0v) is 14.8. The number of nitrogens with two attached hydrogens (primary N) is 1. The van der Waals surface area contributed by atoms with E-state index >= 15 is 0 Å².